The number of likely N-dealkylation sites (tertiary alicyclic amines) is 1. The van der Waals surface area contributed by atoms with Crippen LogP contribution in [0.15, 0.2) is 0 Å². The second-order valence-corrected chi connectivity index (χ2v) is 6.78. The maximum atomic E-state index is 12.6. The number of β-amino-alcohol motifs (C(OH)–C–C–N with tert-alkyl or cyclic N) is 1. The number of carbonyl (C=O) groups is 1. The molecule has 0 aromatic heterocycles. The number of amides is 1. The summed E-state index contributed by atoms with van der Waals surface area (Å²) < 4.78 is 0. The average molecular weight is 282 g/mol. The Morgan fingerprint density at radius 1 is 1.30 bits per heavy atom. The fraction of sp³-hybridized carbons (Fsp3) is 0.938. The van der Waals surface area contributed by atoms with Crippen LogP contribution in [0.2, 0.25) is 0 Å². The standard InChI is InChI=1S/C16H30N2O2/c1-3-18(14-8-5-4-6-9-14)15(19)12-17-11-7-10-16(2,20)13-17/h14,20H,3-13H2,1-2H3. The van der Waals surface area contributed by atoms with Gasteiger partial charge in [-0.25, -0.2) is 0 Å². The van der Waals surface area contributed by atoms with E-state index in [-0.39, 0.29) is 5.91 Å². The third-order valence-corrected chi connectivity index (χ3v) is 4.79. The molecule has 1 saturated heterocycles. The van der Waals surface area contributed by atoms with Crippen LogP contribution in [0.1, 0.15) is 58.8 Å². The van der Waals surface area contributed by atoms with Crippen LogP contribution in [0.5, 0.6) is 0 Å². The van der Waals surface area contributed by atoms with Crippen LogP contribution in [-0.2, 0) is 4.79 Å². The van der Waals surface area contributed by atoms with Gasteiger partial charge in [0.15, 0.2) is 0 Å². The van der Waals surface area contributed by atoms with Gasteiger partial charge in [0.1, 0.15) is 0 Å². The molecule has 0 aromatic carbocycles. The number of nitrogens with zero attached hydrogens (tertiary/aromatic N) is 2. The molecule has 0 spiro atoms. The molecule has 0 aromatic rings. The molecule has 1 aliphatic heterocycles. The summed E-state index contributed by atoms with van der Waals surface area (Å²) in [6.07, 6.45) is 7.99. The van der Waals surface area contributed by atoms with E-state index in [1.165, 1.54) is 19.3 Å². The monoisotopic (exact) mass is 282 g/mol. The molecule has 1 saturated carbocycles. The summed E-state index contributed by atoms with van der Waals surface area (Å²) in [7, 11) is 0. The molecule has 2 fully saturated rings. The van der Waals surface area contributed by atoms with Gasteiger partial charge in [-0.15, -0.1) is 0 Å². The molecule has 116 valence electrons. The van der Waals surface area contributed by atoms with Crippen molar-refractivity contribution in [2.45, 2.75) is 70.4 Å². The molecule has 1 amide bonds. The highest BCUT2D eigenvalue weighted by Crippen LogP contribution is 2.24. The lowest BCUT2D eigenvalue weighted by Gasteiger charge is -2.39. The molecular weight excluding hydrogens is 252 g/mol. The number of rotatable bonds is 4. The van der Waals surface area contributed by atoms with E-state index in [1.54, 1.807) is 0 Å². The molecule has 0 radical (unpaired) electrons. The first-order valence-electron chi connectivity index (χ1n) is 8.26. The number of hydrogen-bond acceptors (Lipinski definition) is 3. The van der Waals surface area contributed by atoms with Gasteiger partial charge in [0.2, 0.25) is 5.91 Å². The fourth-order valence-electron chi connectivity index (χ4n) is 3.77. The lowest BCUT2D eigenvalue weighted by molar-refractivity contribution is -0.136. The Bertz CT molecular complexity index is 324. The summed E-state index contributed by atoms with van der Waals surface area (Å²) in [5.41, 5.74) is -0.625. The number of carbonyl (C=O) groups excluding carboxylic acids is 1. The van der Waals surface area contributed by atoms with E-state index in [9.17, 15) is 9.90 Å². The first-order valence-corrected chi connectivity index (χ1v) is 8.26. The molecule has 1 N–H and O–H groups in total. The number of piperidine rings is 1. The Labute approximate surface area is 123 Å². The van der Waals surface area contributed by atoms with Crippen molar-refractivity contribution in [1.82, 2.24) is 9.80 Å². The summed E-state index contributed by atoms with van der Waals surface area (Å²) in [6, 6.07) is 0.451. The summed E-state index contributed by atoms with van der Waals surface area (Å²) in [5.74, 6) is 0.247. The lowest BCUT2D eigenvalue weighted by atomic mass is 9.93. The van der Waals surface area contributed by atoms with Crippen LogP contribution in [0.3, 0.4) is 0 Å². The number of likely N-dealkylation sites (N-methyl/N-ethyl adjacent to an activating group) is 1. The van der Waals surface area contributed by atoms with Crippen LogP contribution in [0.4, 0.5) is 0 Å². The number of hydrogen-bond donors (Lipinski definition) is 1. The summed E-state index contributed by atoms with van der Waals surface area (Å²) in [4.78, 5) is 16.7. The molecule has 2 aliphatic rings. The molecule has 4 heteroatoms. The highest BCUT2D eigenvalue weighted by molar-refractivity contribution is 5.78. The van der Waals surface area contributed by atoms with Crippen LogP contribution in [0, 0.1) is 0 Å². The van der Waals surface area contributed by atoms with Crippen molar-refractivity contribution in [2.24, 2.45) is 0 Å². The van der Waals surface area contributed by atoms with Gasteiger partial charge >= 0.3 is 0 Å². The van der Waals surface area contributed by atoms with Crippen molar-refractivity contribution < 1.29 is 9.90 Å². The summed E-state index contributed by atoms with van der Waals surface area (Å²) in [5, 5.41) is 10.1. The second-order valence-electron chi connectivity index (χ2n) is 6.78. The van der Waals surface area contributed by atoms with Gasteiger partial charge in [0.25, 0.3) is 0 Å². The Balaban J connectivity index is 1.88. The quantitative estimate of drug-likeness (QED) is 0.858. The molecule has 1 unspecified atom stereocenters. The van der Waals surface area contributed by atoms with E-state index in [0.717, 1.165) is 38.8 Å². The Hall–Kier alpha value is -0.610. The highest BCUT2D eigenvalue weighted by Gasteiger charge is 2.31. The zero-order valence-electron chi connectivity index (χ0n) is 13.1. The van der Waals surface area contributed by atoms with Gasteiger partial charge in [-0.2, -0.15) is 0 Å². The first kappa shape index (κ1) is 15.8. The van der Waals surface area contributed by atoms with Crippen LogP contribution in [0.25, 0.3) is 0 Å². The largest absolute Gasteiger partial charge is 0.389 e. The van der Waals surface area contributed by atoms with Crippen LogP contribution in [-0.4, -0.2) is 58.6 Å². The van der Waals surface area contributed by atoms with Gasteiger partial charge in [-0.05, 0) is 46.1 Å². The van der Waals surface area contributed by atoms with Crippen molar-refractivity contribution in [2.75, 3.05) is 26.2 Å². The zero-order valence-corrected chi connectivity index (χ0v) is 13.1. The Morgan fingerprint density at radius 3 is 2.60 bits per heavy atom. The van der Waals surface area contributed by atoms with Crippen molar-refractivity contribution in [3.8, 4) is 0 Å². The van der Waals surface area contributed by atoms with Gasteiger partial charge in [0, 0.05) is 19.1 Å². The predicted molar refractivity (Wildman–Crippen MR) is 80.6 cm³/mol. The number of aliphatic hydroxyl groups is 1. The first-order chi connectivity index (χ1) is 9.52. The highest BCUT2D eigenvalue weighted by atomic mass is 16.3. The van der Waals surface area contributed by atoms with Gasteiger partial charge in [0.05, 0.1) is 12.1 Å². The van der Waals surface area contributed by atoms with E-state index in [4.69, 9.17) is 0 Å². The molecule has 4 nitrogen and oxygen atoms in total. The summed E-state index contributed by atoms with van der Waals surface area (Å²) >= 11 is 0. The molecule has 1 atom stereocenters. The van der Waals surface area contributed by atoms with Crippen molar-refractivity contribution >= 4 is 5.91 Å². The molecular formula is C16H30N2O2. The van der Waals surface area contributed by atoms with Crippen molar-refractivity contribution in [3.05, 3.63) is 0 Å². The molecule has 0 bridgehead atoms. The average Bonchev–Trinajstić information content (AvgIpc) is 2.39. The van der Waals surface area contributed by atoms with E-state index >= 15 is 0 Å². The topological polar surface area (TPSA) is 43.8 Å². The minimum absolute atomic E-state index is 0.247. The molecule has 1 heterocycles. The third kappa shape index (κ3) is 4.19. The SMILES string of the molecule is CCN(C(=O)CN1CCCC(C)(O)C1)C1CCCCC1. The van der Waals surface area contributed by atoms with Crippen LogP contribution < -0.4 is 0 Å². The van der Waals surface area contributed by atoms with Crippen molar-refractivity contribution in [3.63, 3.8) is 0 Å². The molecule has 20 heavy (non-hydrogen) atoms. The second kappa shape index (κ2) is 6.90. The maximum Gasteiger partial charge on any atom is 0.236 e. The smallest absolute Gasteiger partial charge is 0.236 e. The van der Waals surface area contributed by atoms with E-state index in [2.05, 4.69) is 16.7 Å². The van der Waals surface area contributed by atoms with E-state index < -0.39 is 5.60 Å². The molecule has 1 aliphatic carbocycles. The van der Waals surface area contributed by atoms with Gasteiger partial charge in [-0.3, -0.25) is 9.69 Å². The summed E-state index contributed by atoms with van der Waals surface area (Å²) in [6.45, 7) is 6.81. The predicted octanol–water partition coefficient (Wildman–Crippen LogP) is 2.01. The fourth-order valence-corrected chi connectivity index (χ4v) is 3.77. The van der Waals surface area contributed by atoms with Crippen molar-refractivity contribution in [1.29, 1.82) is 0 Å². The van der Waals surface area contributed by atoms with E-state index in [0.29, 0.717) is 19.1 Å². The van der Waals surface area contributed by atoms with Crippen LogP contribution >= 0.6 is 0 Å². The van der Waals surface area contributed by atoms with Gasteiger partial charge in [-0.1, -0.05) is 19.3 Å². The Kier molecular flexibility index (Phi) is 5.44. The van der Waals surface area contributed by atoms with Gasteiger partial charge < -0.3 is 10.0 Å². The third-order valence-electron chi connectivity index (χ3n) is 4.79. The normalized spacial score (nSPS) is 29.4. The zero-order chi connectivity index (χ0) is 14.6. The lowest BCUT2D eigenvalue weighted by Crippen LogP contribution is -2.51. The minimum Gasteiger partial charge on any atom is -0.389 e. The minimum atomic E-state index is -0.625. The molecule has 2 rings (SSSR count). The maximum absolute atomic E-state index is 12.6. The van der Waals surface area contributed by atoms with E-state index in [1.807, 2.05) is 6.92 Å². The Morgan fingerprint density at radius 2 is 2.00 bits per heavy atom.